The number of rotatable bonds is 4. The zero-order valence-electron chi connectivity index (χ0n) is 14.8. The minimum Gasteiger partial charge on any atom is -0.356 e. The summed E-state index contributed by atoms with van der Waals surface area (Å²) in [7, 11) is 0. The summed E-state index contributed by atoms with van der Waals surface area (Å²) in [4.78, 5) is 24.5. The first-order chi connectivity index (χ1) is 13.0. The van der Waals surface area contributed by atoms with Gasteiger partial charge in [-0.1, -0.05) is 29.8 Å². The van der Waals surface area contributed by atoms with Crippen molar-refractivity contribution in [3.05, 3.63) is 69.9 Å². The molecule has 27 heavy (non-hydrogen) atoms. The van der Waals surface area contributed by atoms with Crippen molar-refractivity contribution in [1.29, 1.82) is 5.26 Å². The Kier molecular flexibility index (Phi) is 5.58. The monoisotopic (exact) mass is 379 g/mol. The summed E-state index contributed by atoms with van der Waals surface area (Å²) < 4.78 is 0. The Labute approximate surface area is 162 Å². The molecule has 0 aliphatic heterocycles. The van der Waals surface area contributed by atoms with E-state index in [1.807, 2.05) is 37.3 Å². The van der Waals surface area contributed by atoms with Crippen LogP contribution < -0.4 is 10.6 Å². The number of anilines is 2. The van der Waals surface area contributed by atoms with Crippen LogP contribution in [0.4, 0.5) is 11.4 Å². The van der Waals surface area contributed by atoms with Crippen LogP contribution in [0.1, 0.15) is 35.2 Å². The van der Waals surface area contributed by atoms with Crippen LogP contribution in [0.15, 0.2) is 53.7 Å². The molecule has 0 fully saturated rings. The predicted octanol–water partition coefficient (Wildman–Crippen LogP) is 4.84. The van der Waals surface area contributed by atoms with Crippen LogP contribution >= 0.6 is 11.6 Å². The number of hydrogen-bond acceptors (Lipinski definition) is 4. The lowest BCUT2D eigenvalue weighted by Gasteiger charge is -2.18. The summed E-state index contributed by atoms with van der Waals surface area (Å²) in [6.45, 7) is 1.92. The third kappa shape index (κ3) is 4.18. The van der Waals surface area contributed by atoms with E-state index in [2.05, 4.69) is 10.6 Å². The lowest BCUT2D eigenvalue weighted by Crippen LogP contribution is -2.16. The van der Waals surface area contributed by atoms with E-state index >= 15 is 0 Å². The van der Waals surface area contributed by atoms with Gasteiger partial charge in [-0.15, -0.1) is 0 Å². The van der Waals surface area contributed by atoms with Crippen molar-refractivity contribution in [2.75, 3.05) is 10.6 Å². The van der Waals surface area contributed by atoms with E-state index in [9.17, 15) is 14.9 Å². The Hall–Kier alpha value is -3.10. The minimum absolute atomic E-state index is 0.132. The summed E-state index contributed by atoms with van der Waals surface area (Å²) in [6.07, 6.45) is 1.64. The predicted molar refractivity (Wildman–Crippen MR) is 106 cm³/mol. The van der Waals surface area contributed by atoms with Gasteiger partial charge >= 0.3 is 0 Å². The molecule has 1 aliphatic rings. The molecule has 0 heterocycles. The van der Waals surface area contributed by atoms with E-state index in [-0.39, 0.29) is 17.3 Å². The molecule has 1 aliphatic carbocycles. The Balaban J connectivity index is 1.86. The first-order valence-electron chi connectivity index (χ1n) is 8.59. The lowest BCUT2D eigenvalue weighted by molar-refractivity contribution is -0.115. The molecule has 2 aromatic rings. The van der Waals surface area contributed by atoms with Gasteiger partial charge in [0.15, 0.2) is 5.78 Å². The number of para-hydroxylation sites is 1. The van der Waals surface area contributed by atoms with E-state index in [0.29, 0.717) is 41.2 Å². The normalized spacial score (nSPS) is 13.9. The highest BCUT2D eigenvalue weighted by Gasteiger charge is 2.21. The van der Waals surface area contributed by atoms with Crippen LogP contribution in [-0.2, 0) is 4.79 Å². The van der Waals surface area contributed by atoms with Crippen molar-refractivity contribution in [3.63, 3.8) is 0 Å². The molecule has 2 N–H and O–H groups in total. The van der Waals surface area contributed by atoms with E-state index in [1.54, 1.807) is 18.2 Å². The first-order valence-corrected chi connectivity index (χ1v) is 8.97. The van der Waals surface area contributed by atoms with Crippen molar-refractivity contribution in [2.24, 2.45) is 0 Å². The van der Waals surface area contributed by atoms with E-state index in [4.69, 9.17) is 11.6 Å². The maximum Gasteiger partial charge on any atom is 0.255 e. The smallest absolute Gasteiger partial charge is 0.255 e. The molecule has 0 saturated heterocycles. The van der Waals surface area contributed by atoms with Crippen LogP contribution in [0.25, 0.3) is 0 Å². The second-order valence-corrected chi connectivity index (χ2v) is 6.74. The first kappa shape index (κ1) is 18.7. The van der Waals surface area contributed by atoms with E-state index < -0.39 is 0 Å². The Morgan fingerprint density at radius 2 is 1.93 bits per heavy atom. The second-order valence-electron chi connectivity index (χ2n) is 6.33. The van der Waals surface area contributed by atoms with E-state index in [0.717, 1.165) is 11.3 Å². The molecule has 6 heteroatoms. The average molecular weight is 380 g/mol. The fraction of sp³-hybridized carbons (Fsp3) is 0.190. The highest BCUT2D eigenvalue weighted by molar-refractivity contribution is 6.33. The van der Waals surface area contributed by atoms with Gasteiger partial charge in [-0.05, 0) is 49.6 Å². The van der Waals surface area contributed by atoms with Gasteiger partial charge in [0.05, 0.1) is 10.7 Å². The van der Waals surface area contributed by atoms with Gasteiger partial charge in [-0.2, -0.15) is 5.26 Å². The number of nitriles is 1. The highest BCUT2D eigenvalue weighted by Crippen LogP contribution is 2.29. The van der Waals surface area contributed by atoms with Gasteiger partial charge in [0.1, 0.15) is 11.6 Å². The molecule has 0 spiro atoms. The van der Waals surface area contributed by atoms with Crippen molar-refractivity contribution in [1.82, 2.24) is 0 Å². The van der Waals surface area contributed by atoms with Crippen LogP contribution in [0.3, 0.4) is 0 Å². The number of hydrogen-bond donors (Lipinski definition) is 2. The van der Waals surface area contributed by atoms with Crippen molar-refractivity contribution in [3.8, 4) is 6.07 Å². The second kappa shape index (κ2) is 8.07. The molecule has 5 nitrogen and oxygen atoms in total. The van der Waals surface area contributed by atoms with Crippen molar-refractivity contribution in [2.45, 2.75) is 26.2 Å². The zero-order chi connectivity index (χ0) is 19.4. The molecule has 2 aromatic carbocycles. The number of nitrogens with zero attached hydrogens (tertiary/aromatic N) is 1. The maximum atomic E-state index is 12.6. The van der Waals surface area contributed by atoms with Crippen LogP contribution in [-0.4, -0.2) is 11.7 Å². The Morgan fingerprint density at radius 1 is 1.15 bits per heavy atom. The van der Waals surface area contributed by atoms with Crippen LogP contribution in [0.5, 0.6) is 0 Å². The van der Waals surface area contributed by atoms with Gasteiger partial charge < -0.3 is 10.6 Å². The number of carbonyl (C=O) groups excluding carboxylic acids is 2. The molecule has 0 unspecified atom stereocenters. The molecule has 0 saturated carbocycles. The number of halogens is 1. The number of carbonyl (C=O) groups is 2. The standard InChI is InChI=1S/C21H18ClN3O2/c1-13-5-2-3-6-17(13)25-21(27)14-9-10-16(22)19(11-14)24-18-7-4-8-20(26)15(18)12-23/h2-3,5-6,9-11,24H,4,7-8H2,1H3,(H,25,27). The minimum atomic E-state index is -0.266. The zero-order valence-corrected chi connectivity index (χ0v) is 15.6. The number of Topliss-reactive ketones (excluding diaryl/α,β-unsaturated/α-hetero) is 1. The number of amides is 1. The maximum absolute atomic E-state index is 12.6. The summed E-state index contributed by atoms with van der Waals surface area (Å²) in [6, 6.07) is 14.3. The van der Waals surface area contributed by atoms with Crippen LogP contribution in [0.2, 0.25) is 5.02 Å². The molecule has 0 aromatic heterocycles. The van der Waals surface area contributed by atoms with E-state index in [1.165, 1.54) is 0 Å². The summed E-state index contributed by atoms with van der Waals surface area (Å²) >= 11 is 6.25. The number of aryl methyl sites for hydroxylation is 1. The van der Waals surface area contributed by atoms with Crippen LogP contribution in [0, 0.1) is 18.3 Å². The molecule has 0 atom stereocenters. The topological polar surface area (TPSA) is 82.0 Å². The molecule has 0 radical (unpaired) electrons. The van der Waals surface area contributed by atoms with Gasteiger partial charge in [-0.25, -0.2) is 0 Å². The fourth-order valence-corrected chi connectivity index (χ4v) is 3.10. The quantitative estimate of drug-likeness (QED) is 0.796. The molecular weight excluding hydrogens is 362 g/mol. The summed E-state index contributed by atoms with van der Waals surface area (Å²) in [5.41, 5.74) is 3.29. The number of benzene rings is 2. The molecule has 3 rings (SSSR count). The molecular formula is C21H18ClN3O2. The molecule has 1 amide bonds. The summed E-state index contributed by atoms with van der Waals surface area (Å²) in [5.74, 6) is -0.436. The molecule has 0 bridgehead atoms. The van der Waals surface area contributed by atoms with Crippen molar-refractivity contribution >= 4 is 34.7 Å². The Bertz CT molecular complexity index is 989. The fourth-order valence-electron chi connectivity index (χ4n) is 2.93. The van der Waals surface area contributed by atoms with Gasteiger partial charge in [0, 0.05) is 23.4 Å². The number of ketones is 1. The van der Waals surface area contributed by atoms with Gasteiger partial charge in [0.25, 0.3) is 5.91 Å². The number of allylic oxidation sites excluding steroid dienone is 2. The van der Waals surface area contributed by atoms with Gasteiger partial charge in [0.2, 0.25) is 0 Å². The SMILES string of the molecule is Cc1ccccc1NC(=O)c1ccc(Cl)c(NC2=C(C#N)C(=O)CCC2)c1. The highest BCUT2D eigenvalue weighted by atomic mass is 35.5. The largest absolute Gasteiger partial charge is 0.356 e. The summed E-state index contributed by atoms with van der Waals surface area (Å²) in [5, 5.41) is 15.6. The average Bonchev–Trinajstić information content (AvgIpc) is 2.65. The third-order valence-electron chi connectivity index (χ3n) is 4.43. The number of nitrogens with one attached hydrogen (secondary N) is 2. The third-order valence-corrected chi connectivity index (χ3v) is 4.76. The van der Waals surface area contributed by atoms with Crippen molar-refractivity contribution < 1.29 is 9.59 Å². The lowest BCUT2D eigenvalue weighted by atomic mass is 9.95. The van der Waals surface area contributed by atoms with Gasteiger partial charge in [-0.3, -0.25) is 9.59 Å². The molecule has 136 valence electrons. The Morgan fingerprint density at radius 3 is 2.67 bits per heavy atom.